The van der Waals surface area contributed by atoms with Gasteiger partial charge in [-0.15, -0.1) is 21.5 Å². The molecule has 0 bridgehead atoms. The van der Waals surface area contributed by atoms with E-state index in [9.17, 15) is 4.79 Å². The molecule has 26 heavy (non-hydrogen) atoms. The van der Waals surface area contributed by atoms with Gasteiger partial charge in [-0.25, -0.2) is 0 Å². The Kier molecular flexibility index (Phi) is 4.96. The summed E-state index contributed by atoms with van der Waals surface area (Å²) in [5, 5.41) is 11.5. The van der Waals surface area contributed by atoms with Gasteiger partial charge in [-0.05, 0) is 43.2 Å². The number of carbonyl (C=O) groups is 1. The van der Waals surface area contributed by atoms with Crippen LogP contribution in [0.3, 0.4) is 0 Å². The number of hydrogen-bond acceptors (Lipinski definition) is 5. The molecule has 134 valence electrons. The van der Waals surface area contributed by atoms with Gasteiger partial charge in [0.05, 0.1) is 10.1 Å². The van der Waals surface area contributed by atoms with E-state index >= 15 is 0 Å². The molecular formula is C20H21N3OS2. The Bertz CT molecular complexity index is 896. The fourth-order valence-electron chi connectivity index (χ4n) is 2.94. The van der Waals surface area contributed by atoms with Gasteiger partial charge in [0.25, 0.3) is 0 Å². The molecule has 0 aliphatic heterocycles. The number of thioether (sulfide) groups is 1. The van der Waals surface area contributed by atoms with Crippen LogP contribution in [-0.4, -0.2) is 25.8 Å². The first kappa shape index (κ1) is 17.5. The summed E-state index contributed by atoms with van der Waals surface area (Å²) < 4.78 is 2.22. The molecule has 6 heteroatoms. The van der Waals surface area contributed by atoms with E-state index in [1.54, 1.807) is 11.3 Å². The maximum Gasteiger partial charge on any atom is 0.192 e. The van der Waals surface area contributed by atoms with Crippen LogP contribution in [0.4, 0.5) is 0 Å². The van der Waals surface area contributed by atoms with E-state index in [2.05, 4.69) is 33.1 Å². The number of nitrogens with zero attached hydrogens (tertiary/aromatic N) is 3. The minimum atomic E-state index is -0.194. The first-order valence-electron chi connectivity index (χ1n) is 8.96. The second-order valence-corrected chi connectivity index (χ2v) is 8.82. The van der Waals surface area contributed by atoms with E-state index in [1.165, 1.54) is 17.3 Å². The van der Waals surface area contributed by atoms with Crippen molar-refractivity contribution < 1.29 is 4.79 Å². The fraction of sp³-hybridized carbons (Fsp3) is 0.350. The predicted octanol–water partition coefficient (Wildman–Crippen LogP) is 5.27. The highest BCUT2D eigenvalue weighted by atomic mass is 32.2. The van der Waals surface area contributed by atoms with E-state index in [4.69, 9.17) is 0 Å². The van der Waals surface area contributed by atoms with Gasteiger partial charge >= 0.3 is 0 Å². The average molecular weight is 384 g/mol. The summed E-state index contributed by atoms with van der Waals surface area (Å²) in [6, 6.07) is 12.5. The number of ketones is 1. The summed E-state index contributed by atoms with van der Waals surface area (Å²) in [6.07, 6.45) is 3.30. The number of aromatic nitrogens is 3. The molecule has 0 spiro atoms. The number of carbonyl (C=O) groups excluding carboxylic acids is 1. The molecule has 0 amide bonds. The zero-order valence-electron chi connectivity index (χ0n) is 14.9. The van der Waals surface area contributed by atoms with Crippen molar-refractivity contribution in [1.82, 2.24) is 14.8 Å². The molecule has 0 N–H and O–H groups in total. The van der Waals surface area contributed by atoms with Crippen LogP contribution in [0.1, 0.15) is 48.7 Å². The Labute approximate surface area is 161 Å². The Morgan fingerprint density at radius 2 is 2.04 bits per heavy atom. The standard InChI is InChI=1S/C20H21N3OS2/c1-3-14-6-8-15(9-7-14)18(24)13(2)26-20-22-21-19(17-5-4-12-25-17)23(20)16-10-11-16/h4-9,12-13,16H,3,10-11H2,1-2H3/t13-/m1/s1. The molecule has 4 nitrogen and oxygen atoms in total. The molecule has 1 saturated carbocycles. The third-order valence-electron chi connectivity index (χ3n) is 4.62. The van der Waals surface area contributed by atoms with Gasteiger partial charge in [0.2, 0.25) is 0 Å². The third-order valence-corrected chi connectivity index (χ3v) is 6.54. The largest absolute Gasteiger partial charge is 0.298 e. The molecule has 1 atom stereocenters. The van der Waals surface area contributed by atoms with E-state index < -0.39 is 0 Å². The van der Waals surface area contributed by atoms with Gasteiger partial charge < -0.3 is 0 Å². The maximum atomic E-state index is 12.8. The van der Waals surface area contributed by atoms with Gasteiger partial charge in [0.1, 0.15) is 0 Å². The van der Waals surface area contributed by atoms with Crippen LogP contribution >= 0.6 is 23.1 Å². The van der Waals surface area contributed by atoms with Crippen LogP contribution in [0.2, 0.25) is 0 Å². The lowest BCUT2D eigenvalue weighted by Gasteiger charge is -2.12. The highest BCUT2D eigenvalue weighted by Crippen LogP contribution is 2.42. The average Bonchev–Trinajstić information content (AvgIpc) is 3.19. The Morgan fingerprint density at radius 3 is 2.65 bits per heavy atom. The first-order chi connectivity index (χ1) is 12.7. The number of benzene rings is 1. The quantitative estimate of drug-likeness (QED) is 0.412. The normalized spacial score (nSPS) is 15.2. The minimum Gasteiger partial charge on any atom is -0.298 e. The number of aryl methyl sites for hydroxylation is 1. The zero-order chi connectivity index (χ0) is 18.1. The van der Waals surface area contributed by atoms with Crippen LogP contribution in [0.25, 0.3) is 10.7 Å². The predicted molar refractivity (Wildman–Crippen MR) is 107 cm³/mol. The number of thiophene rings is 1. The summed E-state index contributed by atoms with van der Waals surface area (Å²) in [6.45, 7) is 4.07. The molecule has 0 unspecified atom stereocenters. The van der Waals surface area contributed by atoms with Crippen molar-refractivity contribution in [2.45, 2.75) is 49.6 Å². The highest BCUT2D eigenvalue weighted by molar-refractivity contribution is 8.00. The van der Waals surface area contributed by atoms with Crippen molar-refractivity contribution in [2.24, 2.45) is 0 Å². The van der Waals surface area contributed by atoms with Gasteiger partial charge in [0.15, 0.2) is 16.8 Å². The smallest absolute Gasteiger partial charge is 0.192 e. The van der Waals surface area contributed by atoms with Gasteiger partial charge in [-0.1, -0.05) is 49.0 Å². The van der Waals surface area contributed by atoms with Crippen molar-refractivity contribution in [3.8, 4) is 10.7 Å². The third kappa shape index (κ3) is 3.48. The Hall–Kier alpha value is -1.92. The lowest BCUT2D eigenvalue weighted by molar-refractivity contribution is 0.0994. The van der Waals surface area contributed by atoms with Gasteiger partial charge in [-0.2, -0.15) is 0 Å². The first-order valence-corrected chi connectivity index (χ1v) is 10.7. The van der Waals surface area contributed by atoms with Crippen LogP contribution in [0, 0.1) is 0 Å². The van der Waals surface area contributed by atoms with E-state index in [-0.39, 0.29) is 11.0 Å². The van der Waals surface area contributed by atoms with Crippen molar-refractivity contribution in [2.75, 3.05) is 0 Å². The highest BCUT2D eigenvalue weighted by Gasteiger charge is 2.31. The monoisotopic (exact) mass is 383 g/mol. The summed E-state index contributed by atoms with van der Waals surface area (Å²) >= 11 is 3.19. The molecule has 1 fully saturated rings. The van der Waals surface area contributed by atoms with Crippen molar-refractivity contribution >= 4 is 28.9 Å². The maximum absolute atomic E-state index is 12.8. The molecule has 1 aromatic carbocycles. The lowest BCUT2D eigenvalue weighted by Crippen LogP contribution is -2.14. The summed E-state index contributed by atoms with van der Waals surface area (Å²) in [5.74, 6) is 1.07. The molecule has 0 radical (unpaired) electrons. The summed E-state index contributed by atoms with van der Waals surface area (Å²) in [4.78, 5) is 13.9. The van der Waals surface area contributed by atoms with E-state index in [1.807, 2.05) is 37.3 Å². The SMILES string of the molecule is CCc1ccc(C(=O)[C@@H](C)Sc2nnc(-c3cccs3)n2C2CC2)cc1. The van der Waals surface area contributed by atoms with Crippen LogP contribution in [0.15, 0.2) is 46.9 Å². The van der Waals surface area contributed by atoms with Gasteiger partial charge in [0, 0.05) is 11.6 Å². The molecule has 1 aliphatic rings. The molecule has 1 aliphatic carbocycles. The van der Waals surface area contributed by atoms with Crippen LogP contribution in [-0.2, 0) is 6.42 Å². The minimum absolute atomic E-state index is 0.140. The molecule has 2 aromatic heterocycles. The second kappa shape index (κ2) is 7.37. The Morgan fingerprint density at radius 1 is 1.27 bits per heavy atom. The van der Waals surface area contributed by atoms with Crippen LogP contribution < -0.4 is 0 Å². The Balaban J connectivity index is 1.55. The van der Waals surface area contributed by atoms with Crippen molar-refractivity contribution in [1.29, 1.82) is 0 Å². The second-order valence-electron chi connectivity index (χ2n) is 6.56. The van der Waals surface area contributed by atoms with Gasteiger partial charge in [-0.3, -0.25) is 9.36 Å². The molecule has 3 aromatic rings. The molecule has 0 saturated heterocycles. The van der Waals surface area contributed by atoms with Crippen molar-refractivity contribution in [3.05, 3.63) is 52.9 Å². The van der Waals surface area contributed by atoms with E-state index in [0.717, 1.165) is 40.7 Å². The topological polar surface area (TPSA) is 47.8 Å². The zero-order valence-corrected chi connectivity index (χ0v) is 16.5. The number of rotatable bonds is 7. The fourth-order valence-corrected chi connectivity index (χ4v) is 4.65. The summed E-state index contributed by atoms with van der Waals surface area (Å²) in [7, 11) is 0. The molecule has 2 heterocycles. The van der Waals surface area contributed by atoms with E-state index in [0.29, 0.717) is 6.04 Å². The number of hydrogen-bond donors (Lipinski definition) is 0. The van der Waals surface area contributed by atoms with Crippen molar-refractivity contribution in [3.63, 3.8) is 0 Å². The molecular weight excluding hydrogens is 362 g/mol. The lowest BCUT2D eigenvalue weighted by atomic mass is 10.1. The molecule has 4 rings (SSSR count). The summed E-state index contributed by atoms with van der Waals surface area (Å²) in [5.41, 5.74) is 2.01. The number of Topliss-reactive ketones (excluding diaryl/α,β-unsaturated/α-hetero) is 1. The van der Waals surface area contributed by atoms with Crippen LogP contribution in [0.5, 0.6) is 0 Å².